The highest BCUT2D eigenvalue weighted by molar-refractivity contribution is 5.73. The average molecular weight is 139 g/mol. The summed E-state index contributed by atoms with van der Waals surface area (Å²) < 4.78 is 0. The number of nitrogens with zero attached hydrogens (tertiary/aromatic N) is 3. The molecule has 0 amide bonds. The molecule has 0 saturated heterocycles. The Labute approximate surface area is 58.8 Å². The molecule has 4 heteroatoms. The zero-order chi connectivity index (χ0) is 7.72. The largest absolute Gasteiger partial charge is 0.271 e. The molecule has 1 aromatic heterocycles. The van der Waals surface area contributed by atoms with Crippen molar-refractivity contribution in [2.75, 3.05) is 0 Å². The van der Waals surface area contributed by atoms with Crippen molar-refractivity contribution < 1.29 is 4.79 Å². The van der Waals surface area contributed by atoms with Gasteiger partial charge < -0.3 is 0 Å². The number of hydrogen-bond acceptors (Lipinski definition) is 3. The summed E-state index contributed by atoms with van der Waals surface area (Å²) in [6.07, 6.45) is 0. The topological polar surface area (TPSA) is 47.8 Å². The van der Waals surface area contributed by atoms with E-state index < -0.39 is 0 Å². The highest BCUT2D eigenvalue weighted by Crippen LogP contribution is 1.96. The van der Waals surface area contributed by atoms with Gasteiger partial charge in [-0.15, -0.1) is 4.80 Å². The third kappa shape index (κ3) is 1.05. The predicted molar refractivity (Wildman–Crippen MR) is 35.8 cm³/mol. The van der Waals surface area contributed by atoms with Crippen molar-refractivity contribution in [3.63, 3.8) is 0 Å². The summed E-state index contributed by atoms with van der Waals surface area (Å²) in [6, 6.07) is 0. The van der Waals surface area contributed by atoms with Crippen molar-refractivity contribution in [2.24, 2.45) is 0 Å². The van der Waals surface area contributed by atoms with Gasteiger partial charge in [-0.3, -0.25) is 4.79 Å². The molecule has 0 atom stereocenters. The second-order valence-corrected chi connectivity index (χ2v) is 2.18. The third-order valence-corrected chi connectivity index (χ3v) is 1.29. The first-order valence-corrected chi connectivity index (χ1v) is 3.02. The number of hydrogen-bond donors (Lipinski definition) is 0. The van der Waals surface area contributed by atoms with Gasteiger partial charge in [0.1, 0.15) is 0 Å². The molecule has 0 aliphatic carbocycles. The van der Waals surface area contributed by atoms with Crippen molar-refractivity contribution in [2.45, 2.75) is 20.8 Å². The van der Waals surface area contributed by atoms with E-state index in [0.717, 1.165) is 16.2 Å². The molecule has 0 spiro atoms. The van der Waals surface area contributed by atoms with Gasteiger partial charge in [-0.05, 0) is 13.8 Å². The summed E-state index contributed by atoms with van der Waals surface area (Å²) in [5.41, 5.74) is 1.60. The fourth-order valence-corrected chi connectivity index (χ4v) is 0.592. The number of carbonyl (C=O) groups excluding carboxylic acids is 1. The Morgan fingerprint density at radius 2 is 1.70 bits per heavy atom. The summed E-state index contributed by atoms with van der Waals surface area (Å²) in [5.74, 6) is -0.156. The van der Waals surface area contributed by atoms with Crippen molar-refractivity contribution >= 4 is 5.91 Å². The minimum absolute atomic E-state index is 0.156. The van der Waals surface area contributed by atoms with Crippen LogP contribution < -0.4 is 0 Å². The van der Waals surface area contributed by atoms with Crippen LogP contribution in [0, 0.1) is 13.8 Å². The van der Waals surface area contributed by atoms with Crippen LogP contribution in [0.4, 0.5) is 0 Å². The maximum Gasteiger partial charge on any atom is 0.261 e. The lowest BCUT2D eigenvalue weighted by molar-refractivity contribution is 0.0902. The van der Waals surface area contributed by atoms with Crippen molar-refractivity contribution in [3.8, 4) is 0 Å². The summed E-state index contributed by atoms with van der Waals surface area (Å²) in [6.45, 7) is 5.07. The van der Waals surface area contributed by atoms with E-state index in [9.17, 15) is 4.79 Å². The Morgan fingerprint density at radius 1 is 1.30 bits per heavy atom. The monoisotopic (exact) mass is 139 g/mol. The molecule has 1 rings (SSSR count). The second kappa shape index (κ2) is 2.21. The third-order valence-electron chi connectivity index (χ3n) is 1.29. The van der Waals surface area contributed by atoms with Gasteiger partial charge in [0.15, 0.2) is 0 Å². The SMILES string of the molecule is CC(=O)n1nc(C)c(C)n1. The van der Waals surface area contributed by atoms with E-state index in [0.29, 0.717) is 0 Å². The zero-order valence-electron chi connectivity index (χ0n) is 6.25. The smallest absolute Gasteiger partial charge is 0.261 e. The van der Waals surface area contributed by atoms with Gasteiger partial charge in [0.25, 0.3) is 5.91 Å². The van der Waals surface area contributed by atoms with Crippen molar-refractivity contribution in [3.05, 3.63) is 11.4 Å². The van der Waals surface area contributed by atoms with Crippen LogP contribution in [0.2, 0.25) is 0 Å². The van der Waals surface area contributed by atoms with Crippen LogP contribution in [0.5, 0.6) is 0 Å². The van der Waals surface area contributed by atoms with Crippen LogP contribution in [-0.4, -0.2) is 20.9 Å². The Morgan fingerprint density at radius 3 is 1.90 bits per heavy atom. The number of rotatable bonds is 0. The summed E-state index contributed by atoms with van der Waals surface area (Å²) in [4.78, 5) is 11.8. The molecule has 1 heterocycles. The van der Waals surface area contributed by atoms with Gasteiger partial charge >= 0.3 is 0 Å². The standard InChI is InChI=1S/C6H9N3O/c1-4-5(2)8-9(7-4)6(3)10/h1-3H3. The van der Waals surface area contributed by atoms with Gasteiger partial charge in [-0.25, -0.2) is 0 Å². The van der Waals surface area contributed by atoms with Gasteiger partial charge in [0.2, 0.25) is 0 Å². The molecule has 0 aliphatic rings. The lowest BCUT2D eigenvalue weighted by Crippen LogP contribution is -2.09. The fourth-order valence-electron chi connectivity index (χ4n) is 0.592. The normalized spacial score (nSPS) is 9.90. The van der Waals surface area contributed by atoms with Crippen LogP contribution in [0.25, 0.3) is 0 Å². The maximum atomic E-state index is 10.6. The summed E-state index contributed by atoms with van der Waals surface area (Å²) in [5, 5.41) is 7.73. The maximum absolute atomic E-state index is 10.6. The van der Waals surface area contributed by atoms with E-state index in [2.05, 4.69) is 10.2 Å². The van der Waals surface area contributed by atoms with Crippen LogP contribution in [0.15, 0.2) is 0 Å². The molecule has 0 bridgehead atoms. The first-order valence-electron chi connectivity index (χ1n) is 3.02. The molecule has 0 N–H and O–H groups in total. The van der Waals surface area contributed by atoms with E-state index in [-0.39, 0.29) is 5.91 Å². The molecule has 0 saturated carbocycles. The minimum Gasteiger partial charge on any atom is -0.271 e. The zero-order valence-corrected chi connectivity index (χ0v) is 6.25. The fraction of sp³-hybridized carbons (Fsp3) is 0.500. The summed E-state index contributed by atoms with van der Waals surface area (Å²) >= 11 is 0. The quantitative estimate of drug-likeness (QED) is 0.527. The number of carbonyl (C=O) groups is 1. The van der Waals surface area contributed by atoms with E-state index in [1.165, 1.54) is 6.92 Å². The number of aromatic nitrogens is 3. The second-order valence-electron chi connectivity index (χ2n) is 2.18. The molecule has 4 nitrogen and oxygen atoms in total. The first kappa shape index (κ1) is 6.92. The summed E-state index contributed by atoms with van der Waals surface area (Å²) in [7, 11) is 0. The lowest BCUT2D eigenvalue weighted by atomic mass is 10.4. The van der Waals surface area contributed by atoms with E-state index >= 15 is 0 Å². The Balaban J connectivity index is 3.10. The molecule has 54 valence electrons. The number of aryl methyl sites for hydroxylation is 2. The van der Waals surface area contributed by atoms with Crippen LogP contribution >= 0.6 is 0 Å². The van der Waals surface area contributed by atoms with Crippen LogP contribution in [-0.2, 0) is 0 Å². The highest BCUT2D eigenvalue weighted by Gasteiger charge is 2.03. The molecule has 0 unspecified atom stereocenters. The Hall–Kier alpha value is -1.19. The van der Waals surface area contributed by atoms with Crippen LogP contribution in [0.1, 0.15) is 23.1 Å². The molecule has 0 aromatic carbocycles. The highest BCUT2D eigenvalue weighted by atomic mass is 16.2. The van der Waals surface area contributed by atoms with E-state index in [1.807, 2.05) is 13.8 Å². The minimum atomic E-state index is -0.156. The Bertz CT molecular complexity index is 244. The van der Waals surface area contributed by atoms with Gasteiger partial charge in [0.05, 0.1) is 11.4 Å². The molecule has 1 aromatic rings. The lowest BCUT2D eigenvalue weighted by Gasteiger charge is -1.85. The van der Waals surface area contributed by atoms with Crippen molar-refractivity contribution in [1.29, 1.82) is 0 Å². The molecular formula is C6H9N3O. The van der Waals surface area contributed by atoms with Crippen LogP contribution in [0.3, 0.4) is 0 Å². The first-order chi connectivity index (χ1) is 4.61. The van der Waals surface area contributed by atoms with E-state index in [1.54, 1.807) is 0 Å². The average Bonchev–Trinajstić information content (AvgIpc) is 2.13. The molecule has 0 radical (unpaired) electrons. The molecular weight excluding hydrogens is 130 g/mol. The Kier molecular flexibility index (Phi) is 1.53. The molecule has 0 fully saturated rings. The van der Waals surface area contributed by atoms with Crippen molar-refractivity contribution in [1.82, 2.24) is 15.0 Å². The van der Waals surface area contributed by atoms with E-state index in [4.69, 9.17) is 0 Å². The van der Waals surface area contributed by atoms with Gasteiger partial charge in [0, 0.05) is 6.92 Å². The molecule has 10 heavy (non-hydrogen) atoms. The predicted octanol–water partition coefficient (Wildman–Crippen LogP) is 0.555. The van der Waals surface area contributed by atoms with Gasteiger partial charge in [-0.2, -0.15) is 10.2 Å². The molecule has 0 aliphatic heterocycles. The van der Waals surface area contributed by atoms with Gasteiger partial charge in [-0.1, -0.05) is 0 Å².